The van der Waals surface area contributed by atoms with Crippen molar-refractivity contribution in [1.29, 1.82) is 0 Å². The Labute approximate surface area is 142 Å². The van der Waals surface area contributed by atoms with Crippen LogP contribution in [0.5, 0.6) is 0 Å². The van der Waals surface area contributed by atoms with E-state index in [0.717, 1.165) is 38.3 Å². The smallest absolute Gasteiger partial charge is 0.223 e. The first kappa shape index (κ1) is 20.6. The average Bonchev–Trinajstić information content (AvgIpc) is 2.99. The maximum absolute atomic E-state index is 11.0. The molecule has 0 spiro atoms. The minimum absolute atomic E-state index is 0. The van der Waals surface area contributed by atoms with E-state index in [2.05, 4.69) is 27.4 Å². The molecule has 1 aromatic heterocycles. The number of halogens is 2. The van der Waals surface area contributed by atoms with Gasteiger partial charge in [0.15, 0.2) is 5.13 Å². The number of nitrogens with one attached hydrogen (secondary N) is 2. The van der Waals surface area contributed by atoms with E-state index in [1.807, 2.05) is 5.38 Å². The number of hydrogen-bond acceptors (Lipinski definition) is 5. The van der Waals surface area contributed by atoms with Crippen LogP contribution in [0, 0.1) is 0 Å². The van der Waals surface area contributed by atoms with Crippen LogP contribution in [0.1, 0.15) is 32.4 Å². The molecule has 8 heteroatoms. The quantitative estimate of drug-likeness (QED) is 0.823. The van der Waals surface area contributed by atoms with Gasteiger partial charge in [-0.25, -0.2) is 4.98 Å². The number of anilines is 1. The third-order valence-corrected chi connectivity index (χ3v) is 4.07. The van der Waals surface area contributed by atoms with Crippen molar-refractivity contribution in [2.45, 2.75) is 39.3 Å². The Morgan fingerprint density at radius 1 is 1.57 bits per heavy atom. The number of carbonyl (C=O) groups excluding carboxylic acids is 1. The van der Waals surface area contributed by atoms with Crippen LogP contribution in [0.15, 0.2) is 5.38 Å². The second kappa shape index (κ2) is 10.3. The Morgan fingerprint density at radius 3 is 2.90 bits per heavy atom. The summed E-state index contributed by atoms with van der Waals surface area (Å²) >= 11 is 1.50. The molecular weight excluding hydrogens is 331 g/mol. The van der Waals surface area contributed by atoms with Crippen molar-refractivity contribution in [3.8, 4) is 0 Å². The SMILES string of the molecule is CCCN(Cc1csc(NC(C)=O)n1)C1CCNC1.Cl.Cl. The summed E-state index contributed by atoms with van der Waals surface area (Å²) in [4.78, 5) is 18.0. The van der Waals surface area contributed by atoms with Gasteiger partial charge in [-0.3, -0.25) is 9.69 Å². The van der Waals surface area contributed by atoms with Crippen molar-refractivity contribution in [3.05, 3.63) is 11.1 Å². The van der Waals surface area contributed by atoms with E-state index >= 15 is 0 Å². The molecule has 0 aliphatic carbocycles. The molecule has 0 aromatic carbocycles. The van der Waals surface area contributed by atoms with Crippen molar-refractivity contribution in [1.82, 2.24) is 15.2 Å². The molecule has 2 rings (SSSR count). The van der Waals surface area contributed by atoms with Gasteiger partial charge < -0.3 is 10.6 Å². The summed E-state index contributed by atoms with van der Waals surface area (Å²) in [5.74, 6) is -0.0636. The zero-order chi connectivity index (χ0) is 13.7. The second-order valence-corrected chi connectivity index (χ2v) is 5.80. The summed E-state index contributed by atoms with van der Waals surface area (Å²) in [6.45, 7) is 7.87. The topological polar surface area (TPSA) is 57.3 Å². The first-order chi connectivity index (χ1) is 9.19. The highest BCUT2D eigenvalue weighted by atomic mass is 35.5. The fraction of sp³-hybridized carbons (Fsp3) is 0.692. The highest BCUT2D eigenvalue weighted by Crippen LogP contribution is 2.19. The van der Waals surface area contributed by atoms with Crippen LogP contribution in [0.4, 0.5) is 5.13 Å². The van der Waals surface area contributed by atoms with Gasteiger partial charge in [-0.2, -0.15) is 0 Å². The normalized spacial score (nSPS) is 17.2. The molecule has 1 unspecified atom stereocenters. The number of aromatic nitrogens is 1. The molecule has 1 atom stereocenters. The molecule has 1 aliphatic rings. The number of amides is 1. The van der Waals surface area contributed by atoms with Crippen LogP contribution >= 0.6 is 36.2 Å². The van der Waals surface area contributed by atoms with Crippen molar-refractivity contribution in [2.24, 2.45) is 0 Å². The third kappa shape index (κ3) is 6.48. The van der Waals surface area contributed by atoms with Gasteiger partial charge >= 0.3 is 0 Å². The summed E-state index contributed by atoms with van der Waals surface area (Å²) in [5, 5.41) is 8.89. The van der Waals surface area contributed by atoms with E-state index in [0.29, 0.717) is 11.2 Å². The lowest BCUT2D eigenvalue weighted by Gasteiger charge is -2.27. The molecule has 1 aliphatic heterocycles. The third-order valence-electron chi connectivity index (χ3n) is 3.26. The minimum atomic E-state index is -0.0636. The zero-order valence-corrected chi connectivity index (χ0v) is 14.9. The van der Waals surface area contributed by atoms with E-state index in [1.54, 1.807) is 0 Å². The monoisotopic (exact) mass is 354 g/mol. The number of rotatable bonds is 6. The fourth-order valence-corrected chi connectivity index (χ4v) is 3.17. The lowest BCUT2D eigenvalue weighted by atomic mass is 10.2. The van der Waals surface area contributed by atoms with Gasteiger partial charge in [-0.1, -0.05) is 6.92 Å². The maximum atomic E-state index is 11.0. The Balaban J connectivity index is 0.00000200. The predicted octanol–water partition coefficient (Wildman–Crippen LogP) is 2.52. The van der Waals surface area contributed by atoms with Crippen LogP contribution < -0.4 is 10.6 Å². The molecule has 0 radical (unpaired) electrons. The van der Waals surface area contributed by atoms with Gasteiger partial charge in [0.25, 0.3) is 0 Å². The highest BCUT2D eigenvalue weighted by Gasteiger charge is 2.22. The molecule has 2 heterocycles. The lowest BCUT2D eigenvalue weighted by Crippen LogP contribution is -2.37. The minimum Gasteiger partial charge on any atom is -0.315 e. The molecule has 1 saturated heterocycles. The Kier molecular flexibility index (Phi) is 10.1. The molecular formula is C13H24Cl2N4OS. The molecule has 1 amide bonds. The molecule has 0 bridgehead atoms. The van der Waals surface area contributed by atoms with Crippen LogP contribution in [0.2, 0.25) is 0 Å². The van der Waals surface area contributed by atoms with Crippen molar-refractivity contribution >= 4 is 47.2 Å². The van der Waals surface area contributed by atoms with E-state index in [1.165, 1.54) is 24.7 Å². The van der Waals surface area contributed by atoms with E-state index in [4.69, 9.17) is 0 Å². The highest BCUT2D eigenvalue weighted by molar-refractivity contribution is 7.13. The lowest BCUT2D eigenvalue weighted by molar-refractivity contribution is -0.114. The molecule has 0 saturated carbocycles. The van der Waals surface area contributed by atoms with Crippen LogP contribution in [0.25, 0.3) is 0 Å². The van der Waals surface area contributed by atoms with Gasteiger partial charge in [0.05, 0.1) is 5.69 Å². The molecule has 5 nitrogen and oxygen atoms in total. The Hall–Kier alpha value is -0.400. The van der Waals surface area contributed by atoms with E-state index in [9.17, 15) is 4.79 Å². The maximum Gasteiger partial charge on any atom is 0.223 e. The molecule has 1 aromatic rings. The first-order valence-corrected chi connectivity index (χ1v) is 7.73. The number of thiazole rings is 1. The van der Waals surface area contributed by atoms with Gasteiger partial charge in [0, 0.05) is 31.4 Å². The predicted molar refractivity (Wildman–Crippen MR) is 92.9 cm³/mol. The zero-order valence-electron chi connectivity index (χ0n) is 12.4. The first-order valence-electron chi connectivity index (χ1n) is 6.85. The number of hydrogen-bond donors (Lipinski definition) is 2. The molecule has 21 heavy (non-hydrogen) atoms. The van der Waals surface area contributed by atoms with Crippen LogP contribution in [-0.4, -0.2) is 41.5 Å². The molecule has 122 valence electrons. The summed E-state index contributed by atoms with van der Waals surface area (Å²) in [5.41, 5.74) is 1.05. The van der Waals surface area contributed by atoms with E-state index < -0.39 is 0 Å². The molecule has 1 fully saturated rings. The van der Waals surface area contributed by atoms with Gasteiger partial charge in [-0.15, -0.1) is 36.2 Å². The Morgan fingerprint density at radius 2 is 2.33 bits per heavy atom. The van der Waals surface area contributed by atoms with Crippen molar-refractivity contribution < 1.29 is 4.79 Å². The van der Waals surface area contributed by atoms with Crippen LogP contribution in [-0.2, 0) is 11.3 Å². The van der Waals surface area contributed by atoms with Gasteiger partial charge in [0.2, 0.25) is 5.91 Å². The number of nitrogens with zero attached hydrogens (tertiary/aromatic N) is 2. The van der Waals surface area contributed by atoms with Gasteiger partial charge in [0.1, 0.15) is 0 Å². The summed E-state index contributed by atoms with van der Waals surface area (Å²) in [7, 11) is 0. The fourth-order valence-electron chi connectivity index (χ4n) is 2.42. The van der Waals surface area contributed by atoms with Crippen molar-refractivity contribution in [3.63, 3.8) is 0 Å². The number of carbonyl (C=O) groups is 1. The van der Waals surface area contributed by atoms with E-state index in [-0.39, 0.29) is 30.7 Å². The average molecular weight is 355 g/mol. The largest absolute Gasteiger partial charge is 0.315 e. The standard InChI is InChI=1S/C13H22N4OS.2ClH/c1-3-6-17(12-4-5-14-7-12)8-11-9-19-13(16-11)15-10(2)18;;/h9,12,14H,3-8H2,1-2H3,(H,15,16,18);2*1H. The second-order valence-electron chi connectivity index (χ2n) is 4.94. The van der Waals surface area contributed by atoms with Crippen LogP contribution in [0.3, 0.4) is 0 Å². The van der Waals surface area contributed by atoms with Gasteiger partial charge in [-0.05, 0) is 25.9 Å². The molecule has 2 N–H and O–H groups in total. The summed E-state index contributed by atoms with van der Waals surface area (Å²) in [6, 6.07) is 0.617. The summed E-state index contributed by atoms with van der Waals surface area (Å²) in [6.07, 6.45) is 2.36. The van der Waals surface area contributed by atoms with Crippen molar-refractivity contribution in [2.75, 3.05) is 25.0 Å². The summed E-state index contributed by atoms with van der Waals surface area (Å²) < 4.78 is 0. The Bertz CT molecular complexity index is 424.